The van der Waals surface area contributed by atoms with Crippen LogP contribution < -0.4 is 4.31 Å². The zero-order valence-corrected chi connectivity index (χ0v) is 19.1. The number of para-hydroxylation sites is 1. The molecule has 0 saturated heterocycles. The van der Waals surface area contributed by atoms with E-state index in [-0.39, 0.29) is 12.0 Å². The molecule has 0 amide bonds. The minimum atomic E-state index is -3.78. The van der Waals surface area contributed by atoms with E-state index in [1.54, 1.807) is 43.3 Å². The summed E-state index contributed by atoms with van der Waals surface area (Å²) in [6.07, 6.45) is 2.76. The fourth-order valence-corrected chi connectivity index (χ4v) is 5.11. The lowest BCUT2D eigenvalue weighted by Gasteiger charge is -2.30. The summed E-state index contributed by atoms with van der Waals surface area (Å²) in [6, 6.07) is 11.4. The number of methoxy groups -OCH3 is 1. The first-order chi connectivity index (χ1) is 14.6. The lowest BCUT2D eigenvalue weighted by Crippen LogP contribution is -2.46. The molecule has 0 aliphatic rings. The van der Waals surface area contributed by atoms with Gasteiger partial charge in [-0.05, 0) is 49.6 Å². The first kappa shape index (κ1) is 22.6. The molecule has 0 N–H and O–H groups in total. The Bertz CT molecular complexity index is 1240. The van der Waals surface area contributed by atoms with Crippen LogP contribution in [0.3, 0.4) is 0 Å². The van der Waals surface area contributed by atoms with Crippen LogP contribution >= 0.6 is 0 Å². The molecule has 1 aromatic heterocycles. The third-order valence-corrected chi connectivity index (χ3v) is 6.31. The molecule has 31 heavy (non-hydrogen) atoms. The SMILES string of the molecule is CC[C@H](C(=O)n1cc(C(=O)OC)c2ccccc21)N(c1cc(C)cc(C)c1)S(C)(=O)=O. The van der Waals surface area contributed by atoms with Gasteiger partial charge in [0.05, 0.1) is 30.1 Å². The van der Waals surface area contributed by atoms with E-state index in [0.717, 1.165) is 17.4 Å². The number of ether oxygens (including phenoxy) is 1. The van der Waals surface area contributed by atoms with Gasteiger partial charge in [-0.3, -0.25) is 13.7 Å². The van der Waals surface area contributed by atoms with Crippen molar-refractivity contribution in [2.45, 2.75) is 33.2 Å². The standard InChI is InChI=1S/C23H26N2O5S/c1-6-20(25(31(5,28)29)17-12-15(2)11-16(3)13-17)22(26)24-14-19(23(27)30-4)18-9-7-8-10-21(18)24/h7-14,20H,6H2,1-5H3/t20-/m1/s1. The number of fused-ring (bicyclic) bond motifs is 1. The maximum atomic E-state index is 13.7. The highest BCUT2D eigenvalue weighted by Crippen LogP contribution is 2.28. The molecule has 1 atom stereocenters. The zero-order valence-electron chi connectivity index (χ0n) is 18.2. The zero-order chi connectivity index (χ0) is 22.9. The first-order valence-electron chi connectivity index (χ1n) is 9.88. The first-order valence-corrected chi connectivity index (χ1v) is 11.7. The van der Waals surface area contributed by atoms with Crippen LogP contribution in [0.4, 0.5) is 5.69 Å². The Morgan fingerprint density at radius 1 is 1.10 bits per heavy atom. The second-order valence-electron chi connectivity index (χ2n) is 7.59. The van der Waals surface area contributed by atoms with Crippen LogP contribution in [0.2, 0.25) is 0 Å². The Morgan fingerprint density at radius 2 is 1.71 bits per heavy atom. The average Bonchev–Trinajstić information content (AvgIpc) is 3.08. The quantitative estimate of drug-likeness (QED) is 0.540. The number of sulfonamides is 1. The number of benzene rings is 2. The van der Waals surface area contributed by atoms with Gasteiger partial charge in [-0.2, -0.15) is 0 Å². The second-order valence-corrected chi connectivity index (χ2v) is 9.45. The number of carbonyl (C=O) groups excluding carboxylic acids is 2. The van der Waals surface area contributed by atoms with Gasteiger partial charge in [-0.15, -0.1) is 0 Å². The van der Waals surface area contributed by atoms with Crippen molar-refractivity contribution in [2.24, 2.45) is 0 Å². The predicted molar refractivity (Wildman–Crippen MR) is 121 cm³/mol. The molecule has 8 heteroatoms. The molecule has 2 aromatic carbocycles. The second kappa shape index (κ2) is 8.55. The Kier molecular flexibility index (Phi) is 6.22. The maximum Gasteiger partial charge on any atom is 0.340 e. The molecule has 0 spiro atoms. The van der Waals surface area contributed by atoms with Gasteiger partial charge in [-0.1, -0.05) is 31.2 Å². The number of esters is 1. The highest BCUT2D eigenvalue weighted by atomic mass is 32.2. The van der Waals surface area contributed by atoms with E-state index in [9.17, 15) is 18.0 Å². The average molecular weight is 443 g/mol. The summed E-state index contributed by atoms with van der Waals surface area (Å²) in [5, 5.41) is 0.565. The fourth-order valence-electron chi connectivity index (χ4n) is 3.92. The van der Waals surface area contributed by atoms with E-state index in [4.69, 9.17) is 4.74 Å². The molecule has 0 aliphatic carbocycles. The number of aryl methyl sites for hydroxylation is 2. The number of hydrogen-bond donors (Lipinski definition) is 0. The third-order valence-electron chi connectivity index (χ3n) is 5.13. The molecule has 164 valence electrons. The van der Waals surface area contributed by atoms with Gasteiger partial charge in [0, 0.05) is 11.6 Å². The Hall–Kier alpha value is -3.13. The van der Waals surface area contributed by atoms with Gasteiger partial charge in [0.1, 0.15) is 6.04 Å². The Morgan fingerprint density at radius 3 is 2.26 bits per heavy atom. The largest absolute Gasteiger partial charge is 0.465 e. The van der Waals surface area contributed by atoms with Gasteiger partial charge < -0.3 is 4.74 Å². The monoisotopic (exact) mass is 442 g/mol. The van der Waals surface area contributed by atoms with Crippen molar-refractivity contribution in [3.63, 3.8) is 0 Å². The Labute approximate surface area is 182 Å². The molecule has 0 bridgehead atoms. The molecule has 0 unspecified atom stereocenters. The third kappa shape index (κ3) is 4.34. The molecule has 0 aliphatic heterocycles. The van der Waals surface area contributed by atoms with E-state index in [1.807, 2.05) is 19.9 Å². The van der Waals surface area contributed by atoms with Gasteiger partial charge in [0.15, 0.2) is 0 Å². The maximum absolute atomic E-state index is 13.7. The van der Waals surface area contributed by atoms with Crippen molar-refractivity contribution >= 4 is 38.5 Å². The molecule has 0 saturated carbocycles. The van der Waals surface area contributed by atoms with Crippen LogP contribution in [-0.4, -0.2) is 44.3 Å². The summed E-state index contributed by atoms with van der Waals surface area (Å²) < 4.78 is 33.0. The van der Waals surface area contributed by atoms with Gasteiger partial charge in [-0.25, -0.2) is 13.2 Å². The molecule has 7 nitrogen and oxygen atoms in total. The van der Waals surface area contributed by atoms with Crippen LogP contribution in [0, 0.1) is 13.8 Å². The molecule has 0 fully saturated rings. The molecule has 0 radical (unpaired) electrons. The van der Waals surface area contributed by atoms with Gasteiger partial charge >= 0.3 is 5.97 Å². The number of aromatic nitrogens is 1. The number of carbonyl (C=O) groups is 2. The van der Waals surface area contributed by atoms with E-state index in [1.165, 1.54) is 22.2 Å². The summed E-state index contributed by atoms with van der Waals surface area (Å²) in [5.74, 6) is -1.01. The van der Waals surface area contributed by atoms with Crippen molar-refractivity contribution in [1.29, 1.82) is 0 Å². The lowest BCUT2D eigenvalue weighted by molar-refractivity contribution is 0.0603. The van der Waals surface area contributed by atoms with Crippen LogP contribution in [0.5, 0.6) is 0 Å². The van der Waals surface area contributed by atoms with Crippen LogP contribution in [0.15, 0.2) is 48.7 Å². The van der Waals surface area contributed by atoms with Gasteiger partial charge in [0.25, 0.3) is 5.91 Å². The molecular weight excluding hydrogens is 416 g/mol. The van der Waals surface area contributed by atoms with E-state index in [0.29, 0.717) is 16.6 Å². The minimum Gasteiger partial charge on any atom is -0.465 e. The molecule has 3 rings (SSSR count). The lowest BCUT2D eigenvalue weighted by atomic mass is 10.1. The summed E-state index contributed by atoms with van der Waals surface area (Å²) in [6.45, 7) is 5.51. The highest BCUT2D eigenvalue weighted by Gasteiger charge is 2.34. The normalized spacial score (nSPS) is 12.5. The van der Waals surface area contributed by atoms with E-state index in [2.05, 4.69) is 0 Å². The number of nitrogens with zero attached hydrogens (tertiary/aromatic N) is 2. The number of hydrogen-bond acceptors (Lipinski definition) is 5. The van der Waals surface area contributed by atoms with E-state index < -0.39 is 27.9 Å². The van der Waals surface area contributed by atoms with E-state index >= 15 is 0 Å². The van der Waals surface area contributed by atoms with Crippen molar-refractivity contribution in [1.82, 2.24) is 4.57 Å². The van der Waals surface area contributed by atoms with Crippen molar-refractivity contribution < 1.29 is 22.7 Å². The van der Waals surface area contributed by atoms with Crippen LogP contribution in [0.1, 0.15) is 39.6 Å². The summed E-state index contributed by atoms with van der Waals surface area (Å²) >= 11 is 0. The highest BCUT2D eigenvalue weighted by molar-refractivity contribution is 7.92. The number of rotatable bonds is 6. The predicted octanol–water partition coefficient (Wildman–Crippen LogP) is 3.93. The van der Waals surface area contributed by atoms with Crippen molar-refractivity contribution in [3.05, 3.63) is 65.4 Å². The van der Waals surface area contributed by atoms with Crippen molar-refractivity contribution in [3.8, 4) is 0 Å². The summed E-state index contributed by atoms with van der Waals surface area (Å²) in [5.41, 5.74) is 2.99. The van der Waals surface area contributed by atoms with Gasteiger partial charge in [0.2, 0.25) is 10.0 Å². The topological polar surface area (TPSA) is 85.7 Å². The minimum absolute atomic E-state index is 0.249. The van der Waals surface area contributed by atoms with Crippen molar-refractivity contribution in [2.75, 3.05) is 17.7 Å². The Balaban J connectivity index is 2.19. The smallest absolute Gasteiger partial charge is 0.340 e. The molecule has 1 heterocycles. The summed E-state index contributed by atoms with van der Waals surface area (Å²) in [4.78, 5) is 25.9. The molecular formula is C23H26N2O5S. The molecule has 3 aromatic rings. The summed E-state index contributed by atoms with van der Waals surface area (Å²) in [7, 11) is -2.50. The number of anilines is 1. The van der Waals surface area contributed by atoms with Crippen LogP contribution in [-0.2, 0) is 14.8 Å². The van der Waals surface area contributed by atoms with Crippen LogP contribution in [0.25, 0.3) is 10.9 Å². The fraction of sp³-hybridized carbons (Fsp3) is 0.304.